The Bertz CT molecular complexity index is 3600. The van der Waals surface area contributed by atoms with Gasteiger partial charge in [0.2, 0.25) is 0 Å². The summed E-state index contributed by atoms with van der Waals surface area (Å²) in [5.74, 6) is 0. The highest BCUT2D eigenvalue weighted by molar-refractivity contribution is 6.23. The molecule has 0 saturated carbocycles. The van der Waals surface area contributed by atoms with Crippen molar-refractivity contribution in [2.45, 2.75) is 0 Å². The predicted octanol–water partition coefficient (Wildman–Crippen LogP) is 16.2. The van der Waals surface area contributed by atoms with Crippen LogP contribution in [0.25, 0.3) is 92.8 Å². The van der Waals surface area contributed by atoms with E-state index in [1.165, 1.54) is 87.1 Å². The first-order chi connectivity index (χ1) is 29.8. The molecule has 0 amide bonds. The summed E-state index contributed by atoms with van der Waals surface area (Å²) in [7, 11) is 0. The third-order valence-corrected chi connectivity index (χ3v) is 12.3. The molecule has 0 aliphatic carbocycles. The molecule has 0 saturated heterocycles. The zero-order chi connectivity index (χ0) is 39.6. The van der Waals surface area contributed by atoms with Crippen LogP contribution in [0.2, 0.25) is 0 Å². The van der Waals surface area contributed by atoms with Crippen LogP contribution in [-0.4, -0.2) is 4.57 Å². The zero-order valence-corrected chi connectivity index (χ0v) is 32.8. The number of anilines is 3. The van der Waals surface area contributed by atoms with Crippen LogP contribution in [-0.2, 0) is 0 Å². The predicted molar refractivity (Wildman–Crippen MR) is 256 cm³/mol. The molecule has 2 heteroatoms. The fraction of sp³-hybridized carbons (Fsp3) is 0. The second-order valence-corrected chi connectivity index (χ2v) is 15.7. The van der Waals surface area contributed by atoms with Crippen molar-refractivity contribution in [3.63, 3.8) is 0 Å². The van der Waals surface area contributed by atoms with Crippen molar-refractivity contribution in [1.82, 2.24) is 4.57 Å². The second kappa shape index (κ2) is 13.9. The third-order valence-electron chi connectivity index (χ3n) is 12.3. The van der Waals surface area contributed by atoms with E-state index >= 15 is 0 Å². The Hall–Kier alpha value is -7.94. The molecule has 12 aromatic rings. The minimum atomic E-state index is 1.10. The third kappa shape index (κ3) is 5.50. The van der Waals surface area contributed by atoms with Gasteiger partial charge >= 0.3 is 0 Å². The van der Waals surface area contributed by atoms with Crippen LogP contribution in [0.4, 0.5) is 17.1 Å². The van der Waals surface area contributed by atoms with Gasteiger partial charge in [0.05, 0.1) is 11.0 Å². The van der Waals surface area contributed by atoms with E-state index in [9.17, 15) is 0 Å². The first-order valence-corrected chi connectivity index (χ1v) is 20.7. The molecular formula is C58H38N2. The van der Waals surface area contributed by atoms with Gasteiger partial charge < -0.3 is 9.47 Å². The number of hydrogen-bond acceptors (Lipinski definition) is 1. The molecule has 1 heterocycles. The molecule has 0 spiro atoms. The topological polar surface area (TPSA) is 8.17 Å². The summed E-state index contributed by atoms with van der Waals surface area (Å²) in [6.07, 6.45) is 0. The zero-order valence-electron chi connectivity index (χ0n) is 32.8. The summed E-state index contributed by atoms with van der Waals surface area (Å²) in [5.41, 5.74) is 11.7. The lowest BCUT2D eigenvalue weighted by atomic mass is 9.92. The molecule has 0 bridgehead atoms. The second-order valence-electron chi connectivity index (χ2n) is 15.7. The molecule has 0 aliphatic rings. The van der Waals surface area contributed by atoms with E-state index < -0.39 is 0 Å². The number of rotatable bonds is 6. The molecule has 60 heavy (non-hydrogen) atoms. The Morgan fingerprint density at radius 3 is 1.70 bits per heavy atom. The molecule has 2 nitrogen and oxygen atoms in total. The Morgan fingerprint density at radius 1 is 0.300 bits per heavy atom. The number of para-hydroxylation sites is 2. The molecule has 0 N–H and O–H groups in total. The van der Waals surface area contributed by atoms with Crippen LogP contribution in [0.3, 0.4) is 0 Å². The molecule has 1 aromatic heterocycles. The van der Waals surface area contributed by atoms with Gasteiger partial charge in [-0.3, -0.25) is 0 Å². The molecule has 0 aliphatic heterocycles. The Kier molecular flexibility index (Phi) is 7.89. The maximum absolute atomic E-state index is 2.42. The Balaban J connectivity index is 1.07. The first-order valence-electron chi connectivity index (χ1n) is 20.7. The highest BCUT2D eigenvalue weighted by Crippen LogP contribution is 2.45. The van der Waals surface area contributed by atoms with E-state index in [0.717, 1.165) is 22.7 Å². The van der Waals surface area contributed by atoms with Crippen LogP contribution in [0.5, 0.6) is 0 Å². The fourth-order valence-corrected chi connectivity index (χ4v) is 9.59. The van der Waals surface area contributed by atoms with Gasteiger partial charge in [0, 0.05) is 33.5 Å². The number of aromatic nitrogens is 1. The van der Waals surface area contributed by atoms with Gasteiger partial charge in [-0.25, -0.2) is 0 Å². The van der Waals surface area contributed by atoms with E-state index in [-0.39, 0.29) is 0 Å². The van der Waals surface area contributed by atoms with Gasteiger partial charge in [-0.1, -0.05) is 164 Å². The molecule has 12 rings (SSSR count). The van der Waals surface area contributed by atoms with Crippen molar-refractivity contribution in [1.29, 1.82) is 0 Å². The van der Waals surface area contributed by atoms with Crippen molar-refractivity contribution >= 4 is 82.0 Å². The number of nitrogens with zero attached hydrogens (tertiary/aromatic N) is 2. The summed E-state index contributed by atoms with van der Waals surface area (Å²) < 4.78 is 2.42. The minimum Gasteiger partial charge on any atom is -0.310 e. The molecule has 0 radical (unpaired) electrons. The number of fused-ring (bicyclic) bond motifs is 8. The van der Waals surface area contributed by atoms with E-state index in [2.05, 4.69) is 240 Å². The molecule has 0 atom stereocenters. The lowest BCUT2D eigenvalue weighted by Crippen LogP contribution is -2.10. The molecule has 0 fully saturated rings. The van der Waals surface area contributed by atoms with E-state index in [1.54, 1.807) is 0 Å². The summed E-state index contributed by atoms with van der Waals surface area (Å²) in [6, 6.07) is 84.3. The fourth-order valence-electron chi connectivity index (χ4n) is 9.59. The lowest BCUT2D eigenvalue weighted by Gasteiger charge is -2.27. The maximum atomic E-state index is 2.42. The van der Waals surface area contributed by atoms with Gasteiger partial charge in [-0.15, -0.1) is 0 Å². The van der Waals surface area contributed by atoms with Crippen molar-refractivity contribution < 1.29 is 0 Å². The van der Waals surface area contributed by atoms with Crippen molar-refractivity contribution in [3.05, 3.63) is 231 Å². The normalized spacial score (nSPS) is 11.7. The van der Waals surface area contributed by atoms with Crippen LogP contribution < -0.4 is 4.90 Å². The van der Waals surface area contributed by atoms with Gasteiger partial charge in [0.15, 0.2) is 0 Å². The van der Waals surface area contributed by atoms with Crippen molar-refractivity contribution in [3.8, 4) is 27.9 Å². The summed E-state index contributed by atoms with van der Waals surface area (Å²) in [6.45, 7) is 0. The van der Waals surface area contributed by atoms with Gasteiger partial charge in [0.1, 0.15) is 0 Å². The highest BCUT2D eigenvalue weighted by Gasteiger charge is 2.21. The van der Waals surface area contributed by atoms with Crippen LogP contribution in [0.1, 0.15) is 0 Å². The standard InChI is InChI=1S/C58H38N2/c1-2-20-45(21-3-1)60-55-28-13-12-27-53(55)58-56(60)38-43-18-7-9-24-50(43)57(58)44-19-14-22-47(36-44)59(48-34-29-39-15-4-5-16-41(39)35-48)46-32-30-40(31-33-46)54-37-42-17-6-8-23-49(42)51-25-10-11-26-52(51)54/h1-38H. The quantitative estimate of drug-likeness (QED) is 0.153. The molecule has 280 valence electrons. The number of benzene rings is 11. The van der Waals surface area contributed by atoms with Crippen LogP contribution in [0, 0.1) is 0 Å². The maximum Gasteiger partial charge on any atom is 0.0553 e. The summed E-state index contributed by atoms with van der Waals surface area (Å²) >= 11 is 0. The minimum absolute atomic E-state index is 1.10. The molecular weight excluding hydrogens is 725 g/mol. The molecule has 11 aromatic carbocycles. The summed E-state index contributed by atoms with van der Waals surface area (Å²) in [4.78, 5) is 2.41. The van der Waals surface area contributed by atoms with Gasteiger partial charge in [-0.2, -0.15) is 0 Å². The summed E-state index contributed by atoms with van der Waals surface area (Å²) in [5, 5.41) is 12.5. The number of hydrogen-bond donors (Lipinski definition) is 0. The van der Waals surface area contributed by atoms with Gasteiger partial charge in [0.25, 0.3) is 0 Å². The Morgan fingerprint density at radius 2 is 0.900 bits per heavy atom. The SMILES string of the molecule is c1ccc(-n2c3ccccc3c3c(-c4cccc(N(c5ccc(-c6cc7ccccc7c7ccccc67)cc5)c5ccc6ccccc6c5)c4)c4ccccc4cc32)cc1. The first kappa shape index (κ1) is 34.1. The molecule has 0 unspecified atom stereocenters. The smallest absolute Gasteiger partial charge is 0.0553 e. The van der Waals surface area contributed by atoms with E-state index in [0.29, 0.717) is 0 Å². The van der Waals surface area contributed by atoms with Crippen molar-refractivity contribution in [2.24, 2.45) is 0 Å². The van der Waals surface area contributed by atoms with Crippen LogP contribution in [0.15, 0.2) is 231 Å². The highest BCUT2D eigenvalue weighted by atomic mass is 15.1. The van der Waals surface area contributed by atoms with Gasteiger partial charge in [-0.05, 0) is 132 Å². The lowest BCUT2D eigenvalue weighted by molar-refractivity contribution is 1.18. The average molecular weight is 763 g/mol. The Labute approximate surface area is 348 Å². The largest absolute Gasteiger partial charge is 0.310 e. The average Bonchev–Trinajstić information content (AvgIpc) is 3.65. The van der Waals surface area contributed by atoms with E-state index in [1.807, 2.05) is 0 Å². The monoisotopic (exact) mass is 762 g/mol. The van der Waals surface area contributed by atoms with E-state index in [4.69, 9.17) is 0 Å². The van der Waals surface area contributed by atoms with Crippen molar-refractivity contribution in [2.75, 3.05) is 4.90 Å². The van der Waals surface area contributed by atoms with Crippen LogP contribution >= 0.6 is 0 Å².